The Bertz CT molecular complexity index is 1250. The van der Waals surface area contributed by atoms with E-state index in [4.69, 9.17) is 14.2 Å². The number of carbonyl (C=O) groups is 2. The summed E-state index contributed by atoms with van der Waals surface area (Å²) in [7, 11) is 0. The summed E-state index contributed by atoms with van der Waals surface area (Å²) in [6.07, 6.45) is 3.07. The van der Waals surface area contributed by atoms with E-state index in [1.54, 1.807) is 20.8 Å². The number of benzene rings is 3. The molecular weight excluding hydrogens is 404 g/mol. The predicted molar refractivity (Wildman–Crippen MR) is 125 cm³/mol. The number of hydrogen-bond acceptors (Lipinski definition) is 5. The monoisotopic (exact) mass is 430 g/mol. The van der Waals surface area contributed by atoms with Gasteiger partial charge in [0.05, 0.1) is 5.56 Å². The van der Waals surface area contributed by atoms with E-state index in [1.807, 2.05) is 68.5 Å². The molecule has 3 aromatic rings. The van der Waals surface area contributed by atoms with Crippen LogP contribution in [0.25, 0.3) is 22.9 Å². The van der Waals surface area contributed by atoms with Crippen molar-refractivity contribution >= 4 is 35.0 Å². The highest BCUT2D eigenvalue weighted by atomic mass is 16.7. The molecule has 1 heterocycles. The molecule has 164 valence electrons. The van der Waals surface area contributed by atoms with Gasteiger partial charge in [-0.3, -0.25) is 0 Å². The Kier molecular flexibility index (Phi) is 5.51. The smallest absolute Gasteiger partial charge is 0.457 e. The molecule has 0 saturated heterocycles. The minimum Gasteiger partial charge on any atom is -0.457 e. The average Bonchev–Trinajstić information content (AvgIpc) is 3.10. The Hall–Kier alpha value is -3.60. The van der Waals surface area contributed by atoms with Gasteiger partial charge < -0.3 is 14.2 Å². The van der Waals surface area contributed by atoms with E-state index in [0.717, 1.165) is 33.0 Å². The van der Waals surface area contributed by atoms with Crippen LogP contribution < -0.4 is 4.74 Å². The SMILES string of the molecule is Cc1cc2c(/C=C/c3ccccc3)c3c(c(OC(=O)OC(C)(C)C)c2cc1C)COC3=O. The van der Waals surface area contributed by atoms with Crippen molar-refractivity contribution in [1.82, 2.24) is 0 Å². The van der Waals surface area contributed by atoms with Gasteiger partial charge in [-0.2, -0.15) is 0 Å². The maximum absolute atomic E-state index is 12.7. The lowest BCUT2D eigenvalue weighted by Gasteiger charge is -2.20. The van der Waals surface area contributed by atoms with Gasteiger partial charge in [-0.1, -0.05) is 48.6 Å². The molecule has 0 N–H and O–H groups in total. The van der Waals surface area contributed by atoms with Gasteiger partial charge in [0.2, 0.25) is 0 Å². The minimum absolute atomic E-state index is 0.0430. The molecule has 0 spiro atoms. The zero-order valence-electron chi connectivity index (χ0n) is 18.9. The Morgan fingerprint density at radius 2 is 1.66 bits per heavy atom. The van der Waals surface area contributed by atoms with Gasteiger partial charge in [0.25, 0.3) is 0 Å². The molecule has 0 aliphatic carbocycles. The van der Waals surface area contributed by atoms with Crippen LogP contribution in [0.2, 0.25) is 0 Å². The van der Waals surface area contributed by atoms with E-state index in [-0.39, 0.29) is 6.61 Å². The molecule has 4 rings (SSSR count). The highest BCUT2D eigenvalue weighted by Crippen LogP contribution is 2.42. The number of esters is 1. The first kappa shape index (κ1) is 21.6. The lowest BCUT2D eigenvalue weighted by Crippen LogP contribution is -2.26. The van der Waals surface area contributed by atoms with Gasteiger partial charge in [0, 0.05) is 10.9 Å². The van der Waals surface area contributed by atoms with E-state index < -0.39 is 17.7 Å². The largest absolute Gasteiger partial charge is 0.514 e. The quantitative estimate of drug-likeness (QED) is 0.266. The van der Waals surface area contributed by atoms with Crippen molar-refractivity contribution < 1.29 is 23.8 Å². The summed E-state index contributed by atoms with van der Waals surface area (Å²) in [6, 6.07) is 13.9. The molecule has 0 unspecified atom stereocenters. The number of aryl methyl sites for hydroxylation is 2. The van der Waals surface area contributed by atoms with Crippen LogP contribution >= 0.6 is 0 Å². The fraction of sp³-hybridized carbons (Fsp3) is 0.259. The topological polar surface area (TPSA) is 61.8 Å². The first-order valence-electron chi connectivity index (χ1n) is 10.5. The molecule has 0 atom stereocenters. The van der Waals surface area contributed by atoms with Crippen molar-refractivity contribution in [2.45, 2.75) is 46.8 Å². The summed E-state index contributed by atoms with van der Waals surface area (Å²) in [5, 5.41) is 1.56. The molecule has 3 aromatic carbocycles. The lowest BCUT2D eigenvalue weighted by atomic mass is 9.91. The van der Waals surface area contributed by atoms with Crippen LogP contribution in [0, 0.1) is 13.8 Å². The third-order valence-electron chi connectivity index (χ3n) is 5.38. The molecule has 5 nitrogen and oxygen atoms in total. The zero-order chi connectivity index (χ0) is 23.0. The molecule has 0 aromatic heterocycles. The molecule has 5 heteroatoms. The molecule has 0 amide bonds. The van der Waals surface area contributed by atoms with Crippen molar-refractivity contribution in [3.63, 3.8) is 0 Å². The molecule has 0 bridgehead atoms. The summed E-state index contributed by atoms with van der Waals surface area (Å²) >= 11 is 0. The molecule has 1 aliphatic rings. The fourth-order valence-electron chi connectivity index (χ4n) is 3.77. The first-order chi connectivity index (χ1) is 15.1. The van der Waals surface area contributed by atoms with Gasteiger partial charge in [-0.15, -0.1) is 0 Å². The van der Waals surface area contributed by atoms with Crippen LogP contribution in [0.3, 0.4) is 0 Å². The second kappa shape index (κ2) is 8.15. The molecule has 32 heavy (non-hydrogen) atoms. The van der Waals surface area contributed by atoms with Crippen LogP contribution in [0.5, 0.6) is 5.75 Å². The fourth-order valence-corrected chi connectivity index (χ4v) is 3.77. The molecule has 0 radical (unpaired) electrons. The van der Waals surface area contributed by atoms with Crippen LogP contribution in [0.1, 0.15) is 58.9 Å². The molecular formula is C27H26O5. The first-order valence-corrected chi connectivity index (χ1v) is 10.5. The van der Waals surface area contributed by atoms with E-state index in [0.29, 0.717) is 16.9 Å². The van der Waals surface area contributed by atoms with Gasteiger partial charge in [-0.05, 0) is 68.3 Å². The zero-order valence-corrected chi connectivity index (χ0v) is 18.9. The summed E-state index contributed by atoms with van der Waals surface area (Å²) < 4.78 is 16.4. The third-order valence-corrected chi connectivity index (χ3v) is 5.38. The van der Waals surface area contributed by atoms with Gasteiger partial charge in [0.15, 0.2) is 0 Å². The third kappa shape index (κ3) is 4.24. The second-order valence-corrected chi connectivity index (χ2v) is 8.97. The van der Waals surface area contributed by atoms with E-state index in [1.165, 1.54) is 0 Å². The van der Waals surface area contributed by atoms with Gasteiger partial charge >= 0.3 is 12.1 Å². The summed E-state index contributed by atoms with van der Waals surface area (Å²) in [6.45, 7) is 9.37. The van der Waals surface area contributed by atoms with Crippen LogP contribution in [-0.2, 0) is 16.1 Å². The van der Waals surface area contributed by atoms with Crippen molar-refractivity contribution in [2.75, 3.05) is 0 Å². The van der Waals surface area contributed by atoms with Crippen LogP contribution in [0.4, 0.5) is 4.79 Å². The average molecular weight is 431 g/mol. The predicted octanol–water partition coefficient (Wildman–Crippen LogP) is 6.61. The maximum atomic E-state index is 12.7. The Morgan fingerprint density at radius 3 is 2.31 bits per heavy atom. The summed E-state index contributed by atoms with van der Waals surface area (Å²) in [5.41, 5.74) is 4.17. The van der Waals surface area contributed by atoms with Crippen molar-refractivity contribution in [1.29, 1.82) is 0 Å². The highest BCUT2D eigenvalue weighted by molar-refractivity contribution is 6.10. The van der Waals surface area contributed by atoms with Crippen molar-refractivity contribution in [3.05, 3.63) is 75.8 Å². The van der Waals surface area contributed by atoms with E-state index in [2.05, 4.69) is 0 Å². The number of ether oxygens (including phenoxy) is 3. The second-order valence-electron chi connectivity index (χ2n) is 8.97. The maximum Gasteiger partial charge on any atom is 0.514 e. The van der Waals surface area contributed by atoms with Crippen LogP contribution in [-0.4, -0.2) is 17.7 Å². The molecule has 1 aliphatic heterocycles. The molecule has 0 saturated carbocycles. The molecule has 0 fully saturated rings. The number of cyclic esters (lactones) is 1. The number of fused-ring (bicyclic) bond motifs is 2. The summed E-state index contributed by atoms with van der Waals surface area (Å²) in [4.78, 5) is 25.2. The Labute approximate surface area is 187 Å². The van der Waals surface area contributed by atoms with E-state index >= 15 is 0 Å². The Morgan fingerprint density at radius 1 is 1.00 bits per heavy atom. The standard InChI is InChI=1S/C27H26O5/c1-16-13-20-19(12-11-18-9-7-6-8-10-18)23-22(15-30-25(23)28)24(21(20)14-17(16)2)31-26(29)32-27(3,4)5/h6-14H,15H2,1-5H3/b12-11+. The Balaban J connectivity index is 1.94. The number of carbonyl (C=O) groups excluding carboxylic acids is 2. The highest BCUT2D eigenvalue weighted by Gasteiger charge is 2.32. The lowest BCUT2D eigenvalue weighted by molar-refractivity contribution is 0.0206. The van der Waals surface area contributed by atoms with Crippen molar-refractivity contribution in [2.24, 2.45) is 0 Å². The van der Waals surface area contributed by atoms with E-state index in [9.17, 15) is 9.59 Å². The number of rotatable bonds is 3. The number of hydrogen-bond donors (Lipinski definition) is 0. The van der Waals surface area contributed by atoms with Crippen molar-refractivity contribution in [3.8, 4) is 5.75 Å². The van der Waals surface area contributed by atoms with Crippen LogP contribution in [0.15, 0.2) is 42.5 Å². The minimum atomic E-state index is -0.814. The van der Waals surface area contributed by atoms with Gasteiger partial charge in [-0.25, -0.2) is 9.59 Å². The normalized spacial score (nSPS) is 13.3. The van der Waals surface area contributed by atoms with Gasteiger partial charge in [0.1, 0.15) is 18.0 Å². The summed E-state index contributed by atoms with van der Waals surface area (Å²) in [5.74, 6) is -0.114.